The van der Waals surface area contributed by atoms with Crippen molar-refractivity contribution in [1.29, 1.82) is 0 Å². The molecule has 1 fully saturated rings. The van der Waals surface area contributed by atoms with E-state index in [1.165, 1.54) is 28.0 Å². The normalized spacial score (nSPS) is 22.7. The van der Waals surface area contributed by atoms with Gasteiger partial charge in [-0.15, -0.1) is 0 Å². The molecular weight excluding hydrogens is 286 g/mol. The Bertz CT molecular complexity index is 478. The minimum absolute atomic E-state index is 0.156. The molecule has 1 aliphatic heterocycles. The maximum atomic E-state index is 11.4. The van der Waals surface area contributed by atoms with E-state index >= 15 is 0 Å². The number of benzene rings is 1. The molecule has 1 N–H and O–H groups in total. The van der Waals surface area contributed by atoms with Crippen LogP contribution in [0.15, 0.2) is 12.1 Å². The van der Waals surface area contributed by atoms with Crippen molar-refractivity contribution in [3.8, 4) is 0 Å². The number of thioether (sulfide) groups is 1. The van der Waals surface area contributed by atoms with E-state index in [9.17, 15) is 4.79 Å². The zero-order valence-corrected chi connectivity index (χ0v) is 14.3. The summed E-state index contributed by atoms with van der Waals surface area (Å²) in [5.41, 5.74) is 5.61. The average Bonchev–Trinajstić information content (AvgIpc) is 2.37. The summed E-state index contributed by atoms with van der Waals surface area (Å²) in [6, 6.07) is 4.63. The van der Waals surface area contributed by atoms with E-state index in [1.54, 1.807) is 11.9 Å². The minimum Gasteiger partial charge on any atom is -0.300 e. The number of hydrogen-bond donors (Lipinski definition) is 1. The van der Waals surface area contributed by atoms with Crippen molar-refractivity contribution in [3.63, 3.8) is 0 Å². The Kier molecular flexibility index (Phi) is 5.44. The van der Waals surface area contributed by atoms with E-state index in [1.807, 2.05) is 11.8 Å². The van der Waals surface area contributed by atoms with Gasteiger partial charge in [0.05, 0.1) is 5.25 Å². The van der Waals surface area contributed by atoms with Crippen molar-refractivity contribution in [2.24, 2.45) is 5.92 Å². The van der Waals surface area contributed by atoms with Gasteiger partial charge in [-0.2, -0.15) is 11.8 Å². The molecule has 1 aliphatic rings. The Morgan fingerprint density at radius 2 is 2.00 bits per heavy atom. The maximum absolute atomic E-state index is 11.4. The number of rotatable bonds is 4. The highest BCUT2D eigenvalue weighted by atomic mass is 32.2. The van der Waals surface area contributed by atoms with Crippen molar-refractivity contribution in [1.82, 2.24) is 4.72 Å². The van der Waals surface area contributed by atoms with Gasteiger partial charge < -0.3 is 0 Å². The first-order valence-electron chi connectivity index (χ1n) is 7.06. The van der Waals surface area contributed by atoms with Gasteiger partial charge in [0.2, 0.25) is 5.91 Å². The second-order valence-electron chi connectivity index (χ2n) is 5.62. The first-order chi connectivity index (χ1) is 9.52. The lowest BCUT2D eigenvalue weighted by atomic mass is 9.91. The van der Waals surface area contributed by atoms with Gasteiger partial charge in [-0.1, -0.05) is 19.1 Å². The van der Waals surface area contributed by atoms with E-state index in [4.69, 9.17) is 0 Å². The van der Waals surface area contributed by atoms with Crippen LogP contribution in [-0.4, -0.2) is 17.9 Å². The largest absolute Gasteiger partial charge is 0.300 e. The van der Waals surface area contributed by atoms with Gasteiger partial charge in [0.15, 0.2) is 0 Å². The van der Waals surface area contributed by atoms with Gasteiger partial charge in [-0.25, -0.2) is 0 Å². The van der Waals surface area contributed by atoms with Crippen LogP contribution >= 0.6 is 23.7 Å². The molecule has 0 aromatic heterocycles. The third-order valence-corrected chi connectivity index (χ3v) is 5.88. The highest BCUT2D eigenvalue weighted by Crippen LogP contribution is 2.40. The molecule has 0 radical (unpaired) electrons. The molecule has 0 bridgehead atoms. The smallest absolute Gasteiger partial charge is 0.230 e. The van der Waals surface area contributed by atoms with Crippen LogP contribution in [0.4, 0.5) is 0 Å². The first kappa shape index (κ1) is 15.8. The molecule has 4 heteroatoms. The van der Waals surface area contributed by atoms with Gasteiger partial charge in [0.1, 0.15) is 0 Å². The van der Waals surface area contributed by atoms with E-state index in [-0.39, 0.29) is 5.91 Å². The van der Waals surface area contributed by atoms with Crippen LogP contribution in [0.25, 0.3) is 0 Å². The van der Waals surface area contributed by atoms with Gasteiger partial charge in [-0.05, 0) is 72.4 Å². The summed E-state index contributed by atoms with van der Waals surface area (Å²) < 4.78 is 2.92. The molecule has 1 amide bonds. The highest BCUT2D eigenvalue weighted by Gasteiger charge is 2.28. The lowest BCUT2D eigenvalue weighted by molar-refractivity contribution is -0.120. The van der Waals surface area contributed by atoms with Crippen molar-refractivity contribution < 1.29 is 4.79 Å². The van der Waals surface area contributed by atoms with Crippen LogP contribution in [0.3, 0.4) is 0 Å². The Hall–Kier alpha value is -0.610. The molecule has 1 aromatic rings. The lowest BCUT2D eigenvalue weighted by Gasteiger charge is -2.29. The van der Waals surface area contributed by atoms with E-state index < -0.39 is 0 Å². The third-order valence-electron chi connectivity index (χ3n) is 3.93. The Balaban J connectivity index is 2.23. The van der Waals surface area contributed by atoms with E-state index in [0.29, 0.717) is 17.6 Å². The van der Waals surface area contributed by atoms with Crippen molar-refractivity contribution in [3.05, 3.63) is 34.4 Å². The van der Waals surface area contributed by atoms with Gasteiger partial charge in [0, 0.05) is 6.42 Å². The van der Waals surface area contributed by atoms with E-state index in [2.05, 4.69) is 43.9 Å². The average molecular weight is 310 g/mol. The molecule has 2 rings (SSSR count). The molecule has 2 nitrogen and oxygen atoms in total. The summed E-state index contributed by atoms with van der Waals surface area (Å²) in [5, 5.41) is 0.375. The second-order valence-corrected chi connectivity index (χ2v) is 7.55. The summed E-state index contributed by atoms with van der Waals surface area (Å²) in [7, 11) is 0. The standard InChI is InChI=1S/C16H23NOS2/c1-10-7-13(8-11(2)14(10)5-6-19-4)16-12(3)9-15(18)17-20-16/h7-8,12,16H,5-6,9H2,1-4H3,(H,17,18). The van der Waals surface area contributed by atoms with Crippen molar-refractivity contribution in [2.75, 3.05) is 12.0 Å². The highest BCUT2D eigenvalue weighted by molar-refractivity contribution is 7.98. The summed E-state index contributed by atoms with van der Waals surface area (Å²) in [6.07, 6.45) is 3.93. The van der Waals surface area contributed by atoms with Gasteiger partial charge >= 0.3 is 0 Å². The van der Waals surface area contributed by atoms with Crippen LogP contribution in [0.5, 0.6) is 0 Å². The topological polar surface area (TPSA) is 29.1 Å². The predicted octanol–water partition coefficient (Wildman–Crippen LogP) is 4.05. The molecule has 1 aromatic carbocycles. The summed E-state index contributed by atoms with van der Waals surface area (Å²) in [4.78, 5) is 11.4. The molecule has 0 spiro atoms. The van der Waals surface area contributed by atoms with Crippen LogP contribution in [0, 0.1) is 19.8 Å². The van der Waals surface area contributed by atoms with Crippen LogP contribution < -0.4 is 4.72 Å². The molecule has 1 saturated heterocycles. The Morgan fingerprint density at radius 3 is 2.55 bits per heavy atom. The molecule has 20 heavy (non-hydrogen) atoms. The number of aryl methyl sites for hydroxylation is 2. The SMILES string of the molecule is CSCCc1c(C)cc(C2SNC(=O)CC2C)cc1C. The van der Waals surface area contributed by atoms with E-state index in [0.717, 1.165) is 6.42 Å². The number of amides is 1. The zero-order valence-electron chi connectivity index (χ0n) is 12.7. The molecule has 0 aliphatic carbocycles. The molecule has 110 valence electrons. The first-order valence-corrected chi connectivity index (χ1v) is 9.33. The lowest BCUT2D eigenvalue weighted by Crippen LogP contribution is -2.29. The third kappa shape index (κ3) is 3.53. The van der Waals surface area contributed by atoms with Crippen molar-refractivity contribution >= 4 is 29.6 Å². The molecule has 2 atom stereocenters. The summed E-state index contributed by atoms with van der Waals surface area (Å²) >= 11 is 3.47. The maximum Gasteiger partial charge on any atom is 0.230 e. The Morgan fingerprint density at radius 1 is 1.35 bits per heavy atom. The quantitative estimate of drug-likeness (QED) is 0.851. The zero-order chi connectivity index (χ0) is 14.7. The second kappa shape index (κ2) is 6.90. The van der Waals surface area contributed by atoms with Gasteiger partial charge in [0.25, 0.3) is 0 Å². The summed E-state index contributed by atoms with van der Waals surface area (Å²) in [5.74, 6) is 1.72. The number of carbonyl (C=O) groups is 1. The monoisotopic (exact) mass is 309 g/mol. The molecule has 0 saturated carbocycles. The van der Waals surface area contributed by atoms with Crippen LogP contribution in [0.2, 0.25) is 0 Å². The fraction of sp³-hybridized carbons (Fsp3) is 0.562. The molecule has 1 heterocycles. The number of hydrogen-bond acceptors (Lipinski definition) is 3. The predicted molar refractivity (Wildman–Crippen MR) is 90.3 cm³/mol. The molecular formula is C16H23NOS2. The fourth-order valence-corrected chi connectivity index (χ4v) is 4.22. The number of carbonyl (C=O) groups excluding carboxylic acids is 1. The number of nitrogens with one attached hydrogen (secondary N) is 1. The van der Waals surface area contributed by atoms with Crippen LogP contribution in [-0.2, 0) is 11.2 Å². The van der Waals surface area contributed by atoms with Crippen molar-refractivity contribution in [2.45, 2.75) is 38.9 Å². The van der Waals surface area contributed by atoms with Crippen LogP contribution in [0.1, 0.15) is 40.8 Å². The minimum atomic E-state index is 0.156. The van der Waals surface area contributed by atoms with Gasteiger partial charge in [-0.3, -0.25) is 9.52 Å². The Labute approximate surface area is 130 Å². The molecule has 2 unspecified atom stereocenters. The summed E-state index contributed by atoms with van der Waals surface area (Å²) in [6.45, 7) is 6.59. The fourth-order valence-electron chi connectivity index (χ4n) is 2.87.